The monoisotopic (exact) mass is 371 g/mol. The molecule has 0 aliphatic heterocycles. The second-order valence-electron chi connectivity index (χ2n) is 5.98. The van der Waals surface area contributed by atoms with Gasteiger partial charge >= 0.3 is 0 Å². The number of aliphatic imine (C=N–C) groups is 1. The van der Waals surface area contributed by atoms with Crippen molar-refractivity contribution in [3.8, 4) is 11.5 Å². The second kappa shape index (κ2) is 11.8. The Morgan fingerprint density at radius 3 is 2.63 bits per heavy atom. The molecular weight excluding hydrogens is 342 g/mol. The molecule has 2 rings (SSSR count). The van der Waals surface area contributed by atoms with Gasteiger partial charge in [-0.15, -0.1) is 0 Å². The summed E-state index contributed by atoms with van der Waals surface area (Å²) in [7, 11) is 1.55. The molecule has 0 unspecified atom stereocenters. The number of phenolic OH excluding ortho intramolecular Hbond substituents is 1. The maximum Gasteiger partial charge on any atom is 0.191 e. The van der Waals surface area contributed by atoms with E-state index in [-0.39, 0.29) is 5.75 Å². The number of nitrogens with zero attached hydrogens (tertiary/aromatic N) is 1. The molecule has 0 amide bonds. The fourth-order valence-corrected chi connectivity index (χ4v) is 2.53. The molecule has 146 valence electrons. The summed E-state index contributed by atoms with van der Waals surface area (Å²) in [5, 5.41) is 16.2. The molecule has 0 aromatic heterocycles. The van der Waals surface area contributed by atoms with Gasteiger partial charge in [0.05, 0.1) is 26.9 Å². The number of benzene rings is 2. The fraction of sp³-hybridized carbons (Fsp3) is 0.381. The zero-order chi connectivity index (χ0) is 19.3. The van der Waals surface area contributed by atoms with Gasteiger partial charge in [0.2, 0.25) is 0 Å². The minimum absolute atomic E-state index is 0.152. The van der Waals surface area contributed by atoms with Crippen molar-refractivity contribution in [3.63, 3.8) is 0 Å². The lowest BCUT2D eigenvalue weighted by Crippen LogP contribution is -2.38. The first-order chi connectivity index (χ1) is 13.2. The number of hydrogen-bond donors (Lipinski definition) is 3. The molecule has 0 saturated carbocycles. The standard InChI is InChI=1S/C21H29N3O3/c1-3-22-21(24-13-14-27-16-18-7-5-4-6-8-18)23-12-11-17-9-10-19(25)20(15-17)26-2/h4-10,15,25H,3,11-14,16H2,1-2H3,(H2,22,23,24). The highest BCUT2D eigenvalue weighted by Gasteiger charge is 2.03. The number of aromatic hydroxyl groups is 1. The van der Waals surface area contributed by atoms with Crippen LogP contribution in [-0.4, -0.2) is 44.4 Å². The van der Waals surface area contributed by atoms with E-state index in [4.69, 9.17) is 9.47 Å². The van der Waals surface area contributed by atoms with E-state index in [1.54, 1.807) is 13.2 Å². The lowest BCUT2D eigenvalue weighted by atomic mass is 10.1. The first-order valence-corrected chi connectivity index (χ1v) is 9.22. The Kier molecular flexibility index (Phi) is 9.00. The summed E-state index contributed by atoms with van der Waals surface area (Å²) < 4.78 is 10.8. The molecule has 0 atom stereocenters. The summed E-state index contributed by atoms with van der Waals surface area (Å²) >= 11 is 0. The highest BCUT2D eigenvalue weighted by molar-refractivity contribution is 5.79. The number of methoxy groups -OCH3 is 1. The molecule has 3 N–H and O–H groups in total. The van der Waals surface area contributed by atoms with Crippen molar-refractivity contribution in [2.75, 3.05) is 33.4 Å². The van der Waals surface area contributed by atoms with E-state index < -0.39 is 0 Å². The van der Waals surface area contributed by atoms with Gasteiger partial charge < -0.3 is 25.2 Å². The van der Waals surface area contributed by atoms with Crippen LogP contribution in [0.5, 0.6) is 11.5 Å². The Hall–Kier alpha value is -2.73. The van der Waals surface area contributed by atoms with Crippen LogP contribution in [-0.2, 0) is 17.8 Å². The third-order valence-corrected chi connectivity index (χ3v) is 3.91. The van der Waals surface area contributed by atoms with Gasteiger partial charge in [0.15, 0.2) is 17.5 Å². The smallest absolute Gasteiger partial charge is 0.191 e. The highest BCUT2D eigenvalue weighted by Crippen LogP contribution is 2.26. The predicted octanol–water partition coefficient (Wildman–Crippen LogP) is 2.72. The molecule has 0 heterocycles. The summed E-state index contributed by atoms with van der Waals surface area (Å²) in [5.74, 6) is 1.41. The topological polar surface area (TPSA) is 75.1 Å². The lowest BCUT2D eigenvalue weighted by Gasteiger charge is -2.12. The van der Waals surface area contributed by atoms with Crippen molar-refractivity contribution in [2.24, 2.45) is 4.99 Å². The molecule has 2 aromatic carbocycles. The Morgan fingerprint density at radius 2 is 1.89 bits per heavy atom. The van der Waals surface area contributed by atoms with Crippen molar-refractivity contribution >= 4 is 5.96 Å². The molecular formula is C21H29N3O3. The van der Waals surface area contributed by atoms with Crippen LogP contribution in [0.15, 0.2) is 53.5 Å². The Labute approximate surface area is 161 Å². The molecule has 0 saturated heterocycles. The Morgan fingerprint density at radius 1 is 1.07 bits per heavy atom. The molecule has 6 nitrogen and oxygen atoms in total. The van der Waals surface area contributed by atoms with Crippen LogP contribution in [0.3, 0.4) is 0 Å². The predicted molar refractivity (Wildman–Crippen MR) is 108 cm³/mol. The van der Waals surface area contributed by atoms with E-state index in [1.807, 2.05) is 49.4 Å². The van der Waals surface area contributed by atoms with E-state index in [2.05, 4.69) is 15.6 Å². The molecule has 0 spiro atoms. The van der Waals surface area contributed by atoms with Gasteiger partial charge in [-0.1, -0.05) is 36.4 Å². The molecule has 0 aliphatic rings. The van der Waals surface area contributed by atoms with Gasteiger partial charge in [0, 0.05) is 13.1 Å². The number of rotatable bonds is 10. The average molecular weight is 371 g/mol. The first kappa shape index (κ1) is 20.6. The molecule has 6 heteroatoms. The zero-order valence-corrected chi connectivity index (χ0v) is 16.1. The quantitative estimate of drug-likeness (QED) is 0.340. The second-order valence-corrected chi connectivity index (χ2v) is 5.98. The number of guanidine groups is 1. The maximum absolute atomic E-state index is 9.65. The Balaban J connectivity index is 1.73. The van der Waals surface area contributed by atoms with Crippen LogP contribution in [0.25, 0.3) is 0 Å². The van der Waals surface area contributed by atoms with Gasteiger partial charge in [0.1, 0.15) is 0 Å². The Bertz CT molecular complexity index is 705. The highest BCUT2D eigenvalue weighted by atomic mass is 16.5. The van der Waals surface area contributed by atoms with Crippen LogP contribution in [0.4, 0.5) is 0 Å². The van der Waals surface area contributed by atoms with Crippen LogP contribution < -0.4 is 15.4 Å². The summed E-state index contributed by atoms with van der Waals surface area (Å²) in [4.78, 5) is 4.53. The lowest BCUT2D eigenvalue weighted by molar-refractivity contribution is 0.128. The van der Waals surface area contributed by atoms with Gasteiger partial charge in [-0.2, -0.15) is 0 Å². The van der Waals surface area contributed by atoms with Crippen molar-refractivity contribution in [3.05, 3.63) is 59.7 Å². The summed E-state index contributed by atoms with van der Waals surface area (Å²) in [5.41, 5.74) is 2.25. The normalized spacial score (nSPS) is 11.3. The molecule has 0 bridgehead atoms. The fourth-order valence-electron chi connectivity index (χ4n) is 2.53. The minimum atomic E-state index is 0.152. The zero-order valence-electron chi connectivity index (χ0n) is 16.1. The first-order valence-electron chi connectivity index (χ1n) is 9.22. The summed E-state index contributed by atoms with van der Waals surface area (Å²) in [6.45, 7) is 5.32. The van der Waals surface area contributed by atoms with E-state index in [1.165, 1.54) is 0 Å². The molecule has 2 aromatic rings. The maximum atomic E-state index is 9.65. The van der Waals surface area contributed by atoms with Crippen LogP contribution >= 0.6 is 0 Å². The van der Waals surface area contributed by atoms with Gasteiger partial charge in [-0.3, -0.25) is 4.99 Å². The van der Waals surface area contributed by atoms with Gasteiger partial charge in [0.25, 0.3) is 0 Å². The third kappa shape index (κ3) is 7.58. The largest absolute Gasteiger partial charge is 0.504 e. The SMILES string of the molecule is CCNC(=NCCOCc1ccccc1)NCCc1ccc(O)c(OC)c1. The van der Waals surface area contributed by atoms with Crippen molar-refractivity contribution in [1.29, 1.82) is 0 Å². The van der Waals surface area contributed by atoms with Gasteiger partial charge in [-0.05, 0) is 36.6 Å². The van der Waals surface area contributed by atoms with Crippen molar-refractivity contribution in [2.45, 2.75) is 20.0 Å². The van der Waals surface area contributed by atoms with Crippen molar-refractivity contribution in [1.82, 2.24) is 10.6 Å². The average Bonchev–Trinajstić information content (AvgIpc) is 2.69. The molecule has 0 aliphatic carbocycles. The minimum Gasteiger partial charge on any atom is -0.504 e. The van der Waals surface area contributed by atoms with E-state index in [9.17, 15) is 5.11 Å². The van der Waals surface area contributed by atoms with Crippen LogP contribution in [0.1, 0.15) is 18.1 Å². The third-order valence-electron chi connectivity index (χ3n) is 3.91. The molecule has 0 fully saturated rings. The van der Waals surface area contributed by atoms with Gasteiger partial charge in [-0.25, -0.2) is 0 Å². The molecule has 0 radical (unpaired) electrons. The van der Waals surface area contributed by atoms with E-state index in [0.717, 1.165) is 36.6 Å². The van der Waals surface area contributed by atoms with E-state index >= 15 is 0 Å². The van der Waals surface area contributed by atoms with Crippen LogP contribution in [0, 0.1) is 0 Å². The van der Waals surface area contributed by atoms with Crippen molar-refractivity contribution < 1.29 is 14.6 Å². The van der Waals surface area contributed by atoms with E-state index in [0.29, 0.717) is 25.5 Å². The number of phenols is 1. The van der Waals surface area contributed by atoms with Crippen LogP contribution in [0.2, 0.25) is 0 Å². The molecule has 27 heavy (non-hydrogen) atoms. The summed E-state index contributed by atoms with van der Waals surface area (Å²) in [6, 6.07) is 15.5. The summed E-state index contributed by atoms with van der Waals surface area (Å²) in [6.07, 6.45) is 0.797. The number of ether oxygens (including phenoxy) is 2. The number of nitrogens with one attached hydrogen (secondary N) is 2. The number of hydrogen-bond acceptors (Lipinski definition) is 4.